The van der Waals surface area contributed by atoms with Crippen molar-refractivity contribution in [3.05, 3.63) is 36.1 Å². The van der Waals surface area contributed by atoms with Crippen molar-refractivity contribution in [2.75, 3.05) is 6.54 Å². The smallest absolute Gasteiger partial charge is 0.221 e. The van der Waals surface area contributed by atoms with Crippen molar-refractivity contribution in [1.29, 1.82) is 0 Å². The third-order valence-corrected chi connectivity index (χ3v) is 2.41. The lowest BCUT2D eigenvalue weighted by Gasteiger charge is -2.02. The molecule has 2 aromatic rings. The third kappa shape index (κ3) is 2.23. The number of para-hydroxylation sites is 1. The molecule has 4 heteroatoms. The highest BCUT2D eigenvalue weighted by Crippen LogP contribution is 2.20. The van der Waals surface area contributed by atoms with Gasteiger partial charge in [-0.25, -0.2) is 0 Å². The van der Waals surface area contributed by atoms with E-state index in [9.17, 15) is 4.79 Å². The second kappa shape index (κ2) is 4.81. The molecule has 1 aromatic carbocycles. The van der Waals surface area contributed by atoms with E-state index in [4.69, 9.17) is 10.2 Å². The zero-order valence-corrected chi connectivity index (χ0v) is 8.90. The normalized spacial score (nSPS) is 10.6. The number of carbonyl (C=O) groups excluding carboxylic acids is 1. The Bertz CT molecular complexity index is 490. The summed E-state index contributed by atoms with van der Waals surface area (Å²) >= 11 is 0. The van der Waals surface area contributed by atoms with Crippen molar-refractivity contribution in [2.45, 2.75) is 13.0 Å². The molecular weight excluding hydrogens is 204 g/mol. The molecule has 84 valence electrons. The van der Waals surface area contributed by atoms with E-state index in [0.29, 0.717) is 19.5 Å². The zero-order valence-electron chi connectivity index (χ0n) is 8.90. The van der Waals surface area contributed by atoms with Gasteiger partial charge in [0.05, 0.1) is 6.26 Å². The van der Waals surface area contributed by atoms with Crippen molar-refractivity contribution >= 4 is 16.9 Å². The third-order valence-electron chi connectivity index (χ3n) is 2.41. The van der Waals surface area contributed by atoms with Crippen LogP contribution in [0.3, 0.4) is 0 Å². The van der Waals surface area contributed by atoms with Gasteiger partial charge in [0, 0.05) is 30.5 Å². The van der Waals surface area contributed by atoms with Gasteiger partial charge in [-0.05, 0) is 6.07 Å². The Balaban J connectivity index is 2.07. The van der Waals surface area contributed by atoms with Crippen LogP contribution in [0.4, 0.5) is 0 Å². The van der Waals surface area contributed by atoms with Gasteiger partial charge in [-0.3, -0.25) is 4.79 Å². The molecule has 0 radical (unpaired) electrons. The maximum absolute atomic E-state index is 11.3. The molecule has 1 heterocycles. The molecule has 1 aromatic heterocycles. The molecule has 0 atom stereocenters. The lowest BCUT2D eigenvalue weighted by molar-refractivity contribution is -0.121. The Morgan fingerprint density at radius 2 is 2.19 bits per heavy atom. The minimum atomic E-state index is -0.0345. The van der Waals surface area contributed by atoms with Crippen molar-refractivity contribution in [1.82, 2.24) is 5.32 Å². The van der Waals surface area contributed by atoms with Gasteiger partial charge in [0.25, 0.3) is 0 Å². The molecule has 0 aliphatic carbocycles. The maximum Gasteiger partial charge on any atom is 0.221 e. The van der Waals surface area contributed by atoms with E-state index in [1.165, 1.54) is 0 Å². The van der Waals surface area contributed by atoms with Crippen LogP contribution < -0.4 is 11.1 Å². The molecule has 0 aliphatic heterocycles. The Morgan fingerprint density at radius 1 is 1.38 bits per heavy atom. The Morgan fingerprint density at radius 3 is 3.00 bits per heavy atom. The molecule has 0 saturated carbocycles. The number of carbonyl (C=O) groups is 1. The van der Waals surface area contributed by atoms with Gasteiger partial charge in [0.15, 0.2) is 0 Å². The van der Waals surface area contributed by atoms with Crippen LogP contribution in [-0.4, -0.2) is 12.5 Å². The van der Waals surface area contributed by atoms with Gasteiger partial charge in [-0.1, -0.05) is 18.2 Å². The lowest BCUT2D eigenvalue weighted by Crippen LogP contribution is -2.24. The van der Waals surface area contributed by atoms with Crippen LogP contribution in [-0.2, 0) is 11.3 Å². The Kier molecular flexibility index (Phi) is 3.22. The van der Waals surface area contributed by atoms with Crippen LogP contribution in [0.1, 0.15) is 12.0 Å². The predicted molar refractivity (Wildman–Crippen MR) is 61.7 cm³/mol. The number of nitrogens with one attached hydrogen (secondary N) is 1. The Labute approximate surface area is 93.4 Å². The van der Waals surface area contributed by atoms with Crippen LogP contribution in [0.25, 0.3) is 11.0 Å². The second-order valence-electron chi connectivity index (χ2n) is 3.57. The fraction of sp³-hybridized carbons (Fsp3) is 0.250. The van der Waals surface area contributed by atoms with Gasteiger partial charge in [0.1, 0.15) is 5.58 Å². The van der Waals surface area contributed by atoms with Crippen molar-refractivity contribution in [2.24, 2.45) is 5.73 Å². The first-order valence-corrected chi connectivity index (χ1v) is 5.23. The summed E-state index contributed by atoms with van der Waals surface area (Å²) in [5.74, 6) is -0.0345. The molecule has 0 bridgehead atoms. The summed E-state index contributed by atoms with van der Waals surface area (Å²) < 4.78 is 5.37. The van der Waals surface area contributed by atoms with Gasteiger partial charge >= 0.3 is 0 Å². The second-order valence-corrected chi connectivity index (χ2v) is 3.57. The van der Waals surface area contributed by atoms with Crippen LogP contribution in [0, 0.1) is 0 Å². The van der Waals surface area contributed by atoms with Gasteiger partial charge in [-0.15, -0.1) is 0 Å². The summed E-state index contributed by atoms with van der Waals surface area (Å²) in [6, 6.07) is 7.75. The molecule has 0 saturated heterocycles. The average molecular weight is 218 g/mol. The molecule has 0 aliphatic rings. The highest BCUT2D eigenvalue weighted by molar-refractivity contribution is 5.82. The van der Waals surface area contributed by atoms with Crippen LogP contribution in [0.15, 0.2) is 34.9 Å². The molecule has 16 heavy (non-hydrogen) atoms. The topological polar surface area (TPSA) is 68.3 Å². The summed E-state index contributed by atoms with van der Waals surface area (Å²) in [6.45, 7) is 0.855. The highest BCUT2D eigenvalue weighted by atomic mass is 16.3. The van der Waals surface area contributed by atoms with E-state index in [1.807, 2.05) is 24.3 Å². The van der Waals surface area contributed by atoms with E-state index in [0.717, 1.165) is 16.5 Å². The van der Waals surface area contributed by atoms with Crippen LogP contribution in [0.5, 0.6) is 0 Å². The van der Waals surface area contributed by atoms with Crippen molar-refractivity contribution < 1.29 is 9.21 Å². The predicted octanol–water partition coefficient (Wildman–Crippen LogP) is 1.40. The summed E-state index contributed by atoms with van der Waals surface area (Å²) in [6.07, 6.45) is 2.03. The fourth-order valence-corrected chi connectivity index (χ4v) is 1.58. The average Bonchev–Trinajstić information content (AvgIpc) is 2.70. The largest absolute Gasteiger partial charge is 0.464 e. The maximum atomic E-state index is 11.3. The molecule has 1 amide bonds. The number of rotatable bonds is 4. The monoisotopic (exact) mass is 218 g/mol. The quantitative estimate of drug-likeness (QED) is 0.815. The first-order valence-electron chi connectivity index (χ1n) is 5.23. The van der Waals surface area contributed by atoms with Gasteiger partial charge in [-0.2, -0.15) is 0 Å². The fourth-order valence-electron chi connectivity index (χ4n) is 1.58. The summed E-state index contributed by atoms with van der Waals surface area (Å²) in [4.78, 5) is 11.3. The molecule has 0 spiro atoms. The number of fused-ring (bicyclic) bond motifs is 1. The van der Waals surface area contributed by atoms with Gasteiger partial charge in [0.2, 0.25) is 5.91 Å². The minimum absolute atomic E-state index is 0.0345. The number of benzene rings is 1. The van der Waals surface area contributed by atoms with E-state index < -0.39 is 0 Å². The van der Waals surface area contributed by atoms with Crippen LogP contribution >= 0.6 is 0 Å². The van der Waals surface area contributed by atoms with E-state index in [1.54, 1.807) is 6.26 Å². The highest BCUT2D eigenvalue weighted by Gasteiger charge is 2.06. The summed E-state index contributed by atoms with van der Waals surface area (Å²) in [7, 11) is 0. The van der Waals surface area contributed by atoms with E-state index in [2.05, 4.69) is 5.32 Å². The summed E-state index contributed by atoms with van der Waals surface area (Å²) in [5, 5.41) is 3.84. The number of nitrogens with two attached hydrogens (primary N) is 1. The van der Waals surface area contributed by atoms with Gasteiger partial charge < -0.3 is 15.5 Å². The van der Waals surface area contributed by atoms with E-state index in [-0.39, 0.29) is 5.91 Å². The summed E-state index contributed by atoms with van der Waals surface area (Å²) in [5.41, 5.74) is 7.12. The van der Waals surface area contributed by atoms with Crippen molar-refractivity contribution in [3.63, 3.8) is 0 Å². The number of hydrogen-bond acceptors (Lipinski definition) is 3. The van der Waals surface area contributed by atoms with E-state index >= 15 is 0 Å². The molecule has 3 N–H and O–H groups in total. The molecular formula is C12H14N2O2. The first kappa shape index (κ1) is 10.7. The molecule has 0 unspecified atom stereocenters. The number of furan rings is 1. The molecule has 0 fully saturated rings. The molecule has 2 rings (SSSR count). The number of hydrogen-bond donors (Lipinski definition) is 2. The van der Waals surface area contributed by atoms with Crippen LogP contribution in [0.2, 0.25) is 0 Å². The SMILES string of the molecule is NCCC(=O)NCc1coc2ccccc12. The zero-order chi connectivity index (χ0) is 11.4. The van der Waals surface area contributed by atoms with Crippen molar-refractivity contribution in [3.8, 4) is 0 Å². The lowest BCUT2D eigenvalue weighted by atomic mass is 10.2. The first-order chi connectivity index (χ1) is 7.81. The number of amides is 1. The Hall–Kier alpha value is -1.81. The minimum Gasteiger partial charge on any atom is -0.464 e. The molecule has 4 nitrogen and oxygen atoms in total. The standard InChI is InChI=1S/C12H14N2O2/c13-6-5-12(15)14-7-9-8-16-11-4-2-1-3-10(9)11/h1-4,8H,5-7,13H2,(H,14,15).